The van der Waals surface area contributed by atoms with E-state index in [1.165, 1.54) is 0 Å². The molecule has 0 aromatic heterocycles. The highest BCUT2D eigenvalue weighted by atomic mass is 16.5. The zero-order chi connectivity index (χ0) is 11.8. The predicted molar refractivity (Wildman–Crippen MR) is 62.6 cm³/mol. The van der Waals surface area contributed by atoms with Gasteiger partial charge in [-0.1, -0.05) is 17.7 Å². The lowest BCUT2D eigenvalue weighted by Gasteiger charge is -2.05. The van der Waals surface area contributed by atoms with Crippen molar-refractivity contribution < 1.29 is 14.3 Å². The van der Waals surface area contributed by atoms with Crippen LogP contribution in [0.3, 0.4) is 0 Å². The van der Waals surface area contributed by atoms with Crippen LogP contribution in [0.25, 0.3) is 0 Å². The lowest BCUT2D eigenvalue weighted by atomic mass is 10.1. The number of esters is 1. The Bertz CT molecular complexity index is 316. The summed E-state index contributed by atoms with van der Waals surface area (Å²) in [5, 5.41) is 0. The molecule has 1 rings (SSSR count). The third-order valence-electron chi connectivity index (χ3n) is 2.16. The molecule has 0 saturated carbocycles. The molecule has 0 saturated heterocycles. The monoisotopic (exact) mass is 222 g/mol. The van der Waals surface area contributed by atoms with Gasteiger partial charge in [0.1, 0.15) is 0 Å². The summed E-state index contributed by atoms with van der Waals surface area (Å²) in [7, 11) is 0. The zero-order valence-corrected chi connectivity index (χ0v) is 9.86. The molecule has 0 unspecified atom stereocenters. The molecule has 0 radical (unpaired) electrons. The lowest BCUT2D eigenvalue weighted by Crippen LogP contribution is -2.08. The fraction of sp³-hybridized carbons (Fsp3) is 0.462. The van der Waals surface area contributed by atoms with Crippen LogP contribution in [0, 0.1) is 6.92 Å². The van der Waals surface area contributed by atoms with Crippen LogP contribution >= 0.6 is 0 Å². The van der Waals surface area contributed by atoms with Crippen LogP contribution < -0.4 is 0 Å². The van der Waals surface area contributed by atoms with E-state index < -0.39 is 0 Å². The Morgan fingerprint density at radius 2 is 1.88 bits per heavy atom. The standard InChI is InChI=1S/C13H18O3/c1-3-15-9-4-10-16-13(14)12-7-5-11(2)6-8-12/h5-8H,3-4,9-10H2,1-2H3. The summed E-state index contributed by atoms with van der Waals surface area (Å²) < 4.78 is 10.2. The minimum Gasteiger partial charge on any atom is -0.462 e. The van der Waals surface area contributed by atoms with E-state index in [2.05, 4.69) is 0 Å². The molecule has 0 aliphatic heterocycles. The van der Waals surface area contributed by atoms with E-state index in [4.69, 9.17) is 9.47 Å². The largest absolute Gasteiger partial charge is 0.462 e. The quantitative estimate of drug-likeness (QED) is 0.548. The van der Waals surface area contributed by atoms with Crippen LogP contribution in [-0.2, 0) is 9.47 Å². The van der Waals surface area contributed by atoms with Gasteiger partial charge in [-0.15, -0.1) is 0 Å². The summed E-state index contributed by atoms with van der Waals surface area (Å²) in [6, 6.07) is 7.36. The first-order chi connectivity index (χ1) is 7.74. The summed E-state index contributed by atoms with van der Waals surface area (Å²) in [6.07, 6.45) is 0.742. The normalized spacial score (nSPS) is 10.1. The van der Waals surface area contributed by atoms with Crippen molar-refractivity contribution in [3.63, 3.8) is 0 Å². The second-order valence-corrected chi connectivity index (χ2v) is 3.55. The number of ether oxygens (including phenoxy) is 2. The lowest BCUT2D eigenvalue weighted by molar-refractivity contribution is 0.0452. The maximum absolute atomic E-state index is 11.5. The van der Waals surface area contributed by atoms with Gasteiger partial charge >= 0.3 is 5.97 Å². The molecule has 3 nitrogen and oxygen atoms in total. The highest BCUT2D eigenvalue weighted by molar-refractivity contribution is 5.89. The molecule has 0 N–H and O–H groups in total. The summed E-state index contributed by atoms with van der Waals surface area (Å²) in [6.45, 7) is 5.67. The third-order valence-corrected chi connectivity index (χ3v) is 2.16. The van der Waals surface area contributed by atoms with Crippen molar-refractivity contribution in [1.29, 1.82) is 0 Å². The van der Waals surface area contributed by atoms with Crippen molar-refractivity contribution in [1.82, 2.24) is 0 Å². The predicted octanol–water partition coefficient (Wildman–Crippen LogP) is 2.58. The van der Waals surface area contributed by atoms with Crippen molar-refractivity contribution in [3.05, 3.63) is 35.4 Å². The molecule has 0 bridgehead atoms. The number of hydrogen-bond acceptors (Lipinski definition) is 3. The van der Waals surface area contributed by atoms with Crippen LogP contribution in [0.1, 0.15) is 29.3 Å². The highest BCUT2D eigenvalue weighted by Crippen LogP contribution is 2.04. The van der Waals surface area contributed by atoms with Gasteiger partial charge < -0.3 is 9.47 Å². The molecule has 0 aliphatic carbocycles. The second kappa shape index (κ2) is 7.01. The smallest absolute Gasteiger partial charge is 0.338 e. The fourth-order valence-electron chi connectivity index (χ4n) is 1.24. The molecule has 1 aromatic rings. The molecule has 0 spiro atoms. The van der Waals surface area contributed by atoms with Gasteiger partial charge in [-0.3, -0.25) is 0 Å². The molecule has 1 aromatic carbocycles. The Labute approximate surface area is 96.4 Å². The Hall–Kier alpha value is -1.35. The molecular formula is C13H18O3. The first-order valence-corrected chi connectivity index (χ1v) is 5.55. The molecular weight excluding hydrogens is 204 g/mol. The number of carbonyl (C=O) groups is 1. The average molecular weight is 222 g/mol. The van der Waals surface area contributed by atoms with Gasteiger partial charge in [-0.05, 0) is 26.0 Å². The van der Waals surface area contributed by atoms with Crippen molar-refractivity contribution >= 4 is 5.97 Å². The third kappa shape index (κ3) is 4.45. The minimum absolute atomic E-state index is 0.267. The van der Waals surface area contributed by atoms with Crippen LogP contribution in [0.5, 0.6) is 0 Å². The van der Waals surface area contributed by atoms with E-state index in [1.807, 2.05) is 26.0 Å². The number of rotatable bonds is 6. The maximum Gasteiger partial charge on any atom is 0.338 e. The van der Waals surface area contributed by atoms with Crippen LogP contribution in [0.2, 0.25) is 0 Å². The van der Waals surface area contributed by atoms with E-state index in [9.17, 15) is 4.79 Å². The summed E-state index contributed by atoms with van der Waals surface area (Å²) in [5.41, 5.74) is 1.73. The highest BCUT2D eigenvalue weighted by Gasteiger charge is 2.05. The van der Waals surface area contributed by atoms with Crippen molar-refractivity contribution in [2.24, 2.45) is 0 Å². The SMILES string of the molecule is CCOCCCOC(=O)c1ccc(C)cc1. The van der Waals surface area contributed by atoms with E-state index in [-0.39, 0.29) is 5.97 Å². The first kappa shape index (κ1) is 12.7. The number of carbonyl (C=O) groups excluding carboxylic acids is 1. The van der Waals surface area contributed by atoms with E-state index >= 15 is 0 Å². The first-order valence-electron chi connectivity index (χ1n) is 5.55. The van der Waals surface area contributed by atoms with Gasteiger partial charge in [0.05, 0.1) is 12.2 Å². The van der Waals surface area contributed by atoms with Crippen LogP contribution in [0.15, 0.2) is 24.3 Å². The molecule has 0 aliphatic rings. The molecule has 0 heterocycles. The van der Waals surface area contributed by atoms with Crippen molar-refractivity contribution in [2.75, 3.05) is 19.8 Å². The second-order valence-electron chi connectivity index (χ2n) is 3.55. The van der Waals surface area contributed by atoms with Gasteiger partial charge in [0.15, 0.2) is 0 Å². The Morgan fingerprint density at radius 1 is 1.19 bits per heavy atom. The maximum atomic E-state index is 11.5. The van der Waals surface area contributed by atoms with Crippen LogP contribution in [0.4, 0.5) is 0 Å². The van der Waals surface area contributed by atoms with Gasteiger partial charge in [-0.25, -0.2) is 4.79 Å². The molecule has 16 heavy (non-hydrogen) atoms. The van der Waals surface area contributed by atoms with E-state index in [1.54, 1.807) is 12.1 Å². The molecule has 88 valence electrons. The summed E-state index contributed by atoms with van der Waals surface area (Å²) in [5.74, 6) is -0.267. The van der Waals surface area contributed by atoms with Crippen LogP contribution in [-0.4, -0.2) is 25.8 Å². The Morgan fingerprint density at radius 3 is 2.50 bits per heavy atom. The fourth-order valence-corrected chi connectivity index (χ4v) is 1.24. The molecule has 3 heteroatoms. The molecule has 0 amide bonds. The average Bonchev–Trinajstić information content (AvgIpc) is 2.29. The number of hydrogen-bond donors (Lipinski definition) is 0. The summed E-state index contributed by atoms with van der Waals surface area (Å²) in [4.78, 5) is 11.5. The molecule has 0 fully saturated rings. The molecule has 0 atom stereocenters. The van der Waals surface area contributed by atoms with Gasteiger partial charge in [0, 0.05) is 19.6 Å². The Balaban J connectivity index is 2.27. The number of aryl methyl sites for hydroxylation is 1. The van der Waals surface area contributed by atoms with Crippen molar-refractivity contribution in [2.45, 2.75) is 20.3 Å². The summed E-state index contributed by atoms with van der Waals surface area (Å²) >= 11 is 0. The topological polar surface area (TPSA) is 35.5 Å². The number of benzene rings is 1. The Kier molecular flexibility index (Phi) is 5.57. The van der Waals surface area contributed by atoms with Gasteiger partial charge in [0.25, 0.3) is 0 Å². The van der Waals surface area contributed by atoms with E-state index in [0.29, 0.717) is 25.4 Å². The zero-order valence-electron chi connectivity index (χ0n) is 9.86. The van der Waals surface area contributed by atoms with Gasteiger partial charge in [0.2, 0.25) is 0 Å². The van der Waals surface area contributed by atoms with Crippen molar-refractivity contribution in [3.8, 4) is 0 Å². The van der Waals surface area contributed by atoms with E-state index in [0.717, 1.165) is 12.0 Å². The van der Waals surface area contributed by atoms with Gasteiger partial charge in [-0.2, -0.15) is 0 Å². The minimum atomic E-state index is -0.267.